The summed E-state index contributed by atoms with van der Waals surface area (Å²) in [6, 6.07) is 0. The van der Waals surface area contributed by atoms with Gasteiger partial charge in [0.05, 0.1) is 0 Å². The molecule has 0 fully saturated rings. The number of hydrogen-bond acceptors (Lipinski definition) is 0. The number of hydrogen-bond donors (Lipinski definition) is 0. The van der Waals surface area contributed by atoms with Gasteiger partial charge in [0.2, 0.25) is 0 Å². The summed E-state index contributed by atoms with van der Waals surface area (Å²) >= 11 is 0. The average molecular weight is 224 g/mol. The maximum atomic E-state index is 0. The number of rotatable bonds is 0. The second-order valence-corrected chi connectivity index (χ2v) is 0. The fourth-order valence-electron chi connectivity index (χ4n) is 0. The molecule has 0 atom stereocenters. The van der Waals surface area contributed by atoms with E-state index in [1.165, 1.54) is 0 Å². The Morgan fingerprint density at radius 3 is 0.429 bits per heavy atom. The van der Waals surface area contributed by atoms with E-state index in [2.05, 4.69) is 0 Å². The van der Waals surface area contributed by atoms with Crippen molar-refractivity contribution in [3.05, 3.63) is 0 Å². The molecule has 0 aliphatic heterocycles. The van der Waals surface area contributed by atoms with Gasteiger partial charge in [-0.05, 0) is 0 Å². The Labute approximate surface area is 92.5 Å². The van der Waals surface area contributed by atoms with E-state index in [-0.39, 0.29) is 94.0 Å². The summed E-state index contributed by atoms with van der Waals surface area (Å²) in [7, 11) is 0. The van der Waals surface area contributed by atoms with Gasteiger partial charge < -0.3 is 23.5 Å². The maximum absolute atomic E-state index is 0. The Kier molecular flexibility index (Phi) is 1980. The van der Waals surface area contributed by atoms with Crippen LogP contribution in [-0.2, 0) is 32.7 Å². The molecule has 0 rings (SSSR count). The van der Waals surface area contributed by atoms with Gasteiger partial charge in [0.15, 0.2) is 0 Å². The maximum Gasteiger partial charge on any atom is 3.00 e. The van der Waals surface area contributed by atoms with E-state index < -0.39 is 0 Å². The topological polar surface area (TPSA) is 0 Å². The molecular weight excluding hydrogens is 224 g/mol. The molecule has 0 nitrogen and oxygen atoms in total. The molecule has 0 aromatic rings. The van der Waals surface area contributed by atoms with E-state index in [9.17, 15) is 0 Å². The molecule has 40 valence electrons. The predicted octanol–water partition coefficient (Wildman–Crippen LogP) is -15.4. The smallest absolute Gasteiger partial charge is 1.00 e. The Morgan fingerprint density at radius 1 is 0.429 bits per heavy atom. The van der Waals surface area contributed by atoms with Crippen molar-refractivity contribution in [2.75, 3.05) is 0 Å². The van der Waals surface area contributed by atoms with Gasteiger partial charge in [-0.2, -0.15) is 0 Å². The van der Waals surface area contributed by atoms with Crippen LogP contribution in [-0.4, -0.2) is 37.7 Å². The van der Waals surface area contributed by atoms with Crippen molar-refractivity contribution >= 4 is 37.7 Å². The van der Waals surface area contributed by atoms with Crippen molar-refractivity contribution in [2.45, 2.75) is 0 Å². The summed E-state index contributed by atoms with van der Waals surface area (Å²) in [5.41, 5.74) is 0. The summed E-state index contributed by atoms with van der Waals surface area (Å²) in [6.45, 7) is 0. The van der Waals surface area contributed by atoms with Crippen LogP contribution in [0.2, 0.25) is 0 Å². The van der Waals surface area contributed by atoms with E-state index in [0.29, 0.717) is 0 Å². The van der Waals surface area contributed by atoms with Gasteiger partial charge in [-0.1, -0.05) is 0 Å². The summed E-state index contributed by atoms with van der Waals surface area (Å²) in [5, 5.41) is 0. The van der Waals surface area contributed by atoms with Gasteiger partial charge in [-0.3, -0.25) is 0 Å². The molecule has 0 aliphatic carbocycles. The molecule has 0 aromatic carbocycles. The van der Waals surface area contributed by atoms with Crippen LogP contribution in [0.25, 0.3) is 0 Å². The molecule has 0 radical (unpaired) electrons. The second-order valence-electron chi connectivity index (χ2n) is 0. The molecule has 0 aromatic heterocycles. The van der Waals surface area contributed by atoms with Crippen LogP contribution in [0.4, 0.5) is 0 Å². The van der Waals surface area contributed by atoms with Crippen molar-refractivity contribution in [3.8, 4) is 0 Å². The summed E-state index contributed by atoms with van der Waals surface area (Å²) in [4.78, 5) is 0. The standard InChI is InChI=1S/Ca.5FH.Y/h;5*1H;/q+2;;;;;;+3/p-5. The van der Waals surface area contributed by atoms with Crippen LogP contribution in [0.3, 0.4) is 0 Å². The van der Waals surface area contributed by atoms with E-state index >= 15 is 0 Å². The van der Waals surface area contributed by atoms with Crippen LogP contribution in [0.1, 0.15) is 0 Å². The third-order valence-corrected chi connectivity index (χ3v) is 0. The van der Waals surface area contributed by atoms with Crippen molar-refractivity contribution in [2.24, 2.45) is 0 Å². The van der Waals surface area contributed by atoms with Crippen LogP contribution in [0.5, 0.6) is 0 Å². The molecule has 0 spiro atoms. The first-order chi connectivity index (χ1) is 0. The monoisotopic (exact) mass is 224 g/mol. The molecular formula is CaF5Y. The molecule has 0 N–H and O–H groups in total. The first-order valence-electron chi connectivity index (χ1n) is 0. The van der Waals surface area contributed by atoms with Gasteiger partial charge in [-0.25, -0.2) is 0 Å². The summed E-state index contributed by atoms with van der Waals surface area (Å²) in [5.74, 6) is 0. The van der Waals surface area contributed by atoms with Crippen LogP contribution in [0.15, 0.2) is 0 Å². The fourth-order valence-corrected chi connectivity index (χ4v) is 0. The fraction of sp³-hybridized carbons (Fsp3) is 0. The molecule has 0 saturated carbocycles. The Hall–Kier alpha value is 2.01. The van der Waals surface area contributed by atoms with Crippen molar-refractivity contribution < 1.29 is 56.2 Å². The molecule has 0 heterocycles. The Bertz CT molecular complexity index is 8.04. The zero-order valence-electron chi connectivity index (χ0n) is 3.17. The molecule has 0 aliphatic rings. The SMILES string of the molecule is [Ca+2].[F-].[F-].[F-].[F-].[F-].[Y+3]. The first-order valence-corrected chi connectivity index (χ1v) is 0. The van der Waals surface area contributed by atoms with Crippen LogP contribution >= 0.6 is 0 Å². The minimum absolute atomic E-state index is 0. The Balaban J connectivity index is 0. The third kappa shape index (κ3) is 71.5. The van der Waals surface area contributed by atoms with E-state index in [1.54, 1.807) is 0 Å². The van der Waals surface area contributed by atoms with E-state index in [1.807, 2.05) is 0 Å². The van der Waals surface area contributed by atoms with Gasteiger partial charge in [-0.15, -0.1) is 0 Å². The second kappa shape index (κ2) is 97.2. The van der Waals surface area contributed by atoms with E-state index in [4.69, 9.17) is 0 Å². The first kappa shape index (κ1) is 143. The van der Waals surface area contributed by atoms with Crippen LogP contribution in [0, 0.1) is 0 Å². The minimum Gasteiger partial charge on any atom is -1.00 e. The van der Waals surface area contributed by atoms with Crippen molar-refractivity contribution in [1.82, 2.24) is 0 Å². The largest absolute Gasteiger partial charge is 3.00 e. The summed E-state index contributed by atoms with van der Waals surface area (Å²) < 4.78 is 0. The normalized spacial score (nSPS) is 0. The average Bonchev–Trinajstić information content (AvgIpc) is 0. The molecule has 0 bridgehead atoms. The number of halogens is 5. The summed E-state index contributed by atoms with van der Waals surface area (Å²) in [6.07, 6.45) is 0. The Morgan fingerprint density at radius 2 is 0.429 bits per heavy atom. The molecule has 0 unspecified atom stereocenters. The predicted molar refractivity (Wildman–Crippen MR) is 5.75 cm³/mol. The molecule has 0 saturated heterocycles. The quantitative estimate of drug-likeness (QED) is 0.283. The van der Waals surface area contributed by atoms with Crippen molar-refractivity contribution in [1.29, 1.82) is 0 Å². The molecule has 0 amide bonds. The van der Waals surface area contributed by atoms with Crippen molar-refractivity contribution in [3.63, 3.8) is 0 Å². The zero-order chi connectivity index (χ0) is 0. The molecule has 7 heavy (non-hydrogen) atoms. The van der Waals surface area contributed by atoms with Gasteiger partial charge in [0.25, 0.3) is 0 Å². The molecule has 7 heteroatoms. The van der Waals surface area contributed by atoms with E-state index in [0.717, 1.165) is 0 Å². The zero-order valence-corrected chi connectivity index (χ0v) is 8.22. The van der Waals surface area contributed by atoms with Gasteiger partial charge >= 0.3 is 70.4 Å². The van der Waals surface area contributed by atoms with Gasteiger partial charge in [0, 0.05) is 0 Å². The third-order valence-electron chi connectivity index (χ3n) is 0. The van der Waals surface area contributed by atoms with Gasteiger partial charge in [0.1, 0.15) is 0 Å². The minimum atomic E-state index is 0. The van der Waals surface area contributed by atoms with Crippen LogP contribution < -0.4 is 23.5 Å².